The number of aromatic nitrogens is 2. The summed E-state index contributed by atoms with van der Waals surface area (Å²) in [4.78, 5) is 30.4. The number of fused-ring (bicyclic) bond motifs is 1. The van der Waals surface area contributed by atoms with E-state index in [1.54, 1.807) is 12.1 Å². The fourth-order valence-electron chi connectivity index (χ4n) is 5.45. The summed E-state index contributed by atoms with van der Waals surface area (Å²) in [5, 5.41) is 9.61. The summed E-state index contributed by atoms with van der Waals surface area (Å²) in [5.41, 5.74) is 6.91. The Morgan fingerprint density at radius 2 is 1.45 bits per heavy atom. The fraction of sp³-hybridized carbons (Fsp3) is 0.400. The van der Waals surface area contributed by atoms with Gasteiger partial charge in [-0.15, -0.1) is 0 Å². The average molecular weight is 539 g/mol. The van der Waals surface area contributed by atoms with E-state index < -0.39 is 5.97 Å². The maximum atomic E-state index is 13.6. The molecule has 0 aliphatic heterocycles. The third-order valence-electron chi connectivity index (χ3n) is 7.66. The highest BCUT2D eigenvalue weighted by molar-refractivity contribution is 5.96. The van der Waals surface area contributed by atoms with Crippen LogP contribution in [0.5, 0.6) is 0 Å². The van der Waals surface area contributed by atoms with Crippen molar-refractivity contribution >= 4 is 17.0 Å². The van der Waals surface area contributed by atoms with Crippen LogP contribution in [0.4, 0.5) is 0 Å². The van der Waals surface area contributed by atoms with E-state index in [0.29, 0.717) is 17.7 Å². The van der Waals surface area contributed by atoms with Crippen molar-refractivity contribution in [3.63, 3.8) is 0 Å². The van der Waals surface area contributed by atoms with Gasteiger partial charge in [-0.05, 0) is 67.0 Å². The standard InChI is InChI=1S/C35H42N2O3/c1-4-7-9-14-27-22-31-32(23-28(34(27)38)15-10-8-5-2)37(33(36-31)13-6-3)24-25-18-20-26(21-19-25)29-16-11-12-17-30(29)35(39)40/h11-12,16-23H,4-10,13-15,24H2,1-3H3,(H,39,40). The van der Waals surface area contributed by atoms with Crippen molar-refractivity contribution in [1.82, 2.24) is 9.55 Å². The first kappa shape index (κ1) is 29.3. The highest BCUT2D eigenvalue weighted by Gasteiger charge is 2.16. The van der Waals surface area contributed by atoms with Crippen molar-refractivity contribution in [3.8, 4) is 11.1 Å². The number of rotatable bonds is 14. The smallest absolute Gasteiger partial charge is 0.336 e. The molecule has 0 saturated carbocycles. The van der Waals surface area contributed by atoms with E-state index in [9.17, 15) is 14.7 Å². The Bertz CT molecular complexity index is 1500. The van der Waals surface area contributed by atoms with Crippen LogP contribution in [0.15, 0.2) is 65.5 Å². The van der Waals surface area contributed by atoms with Crippen molar-refractivity contribution in [2.24, 2.45) is 0 Å². The lowest BCUT2D eigenvalue weighted by atomic mass is 9.99. The van der Waals surface area contributed by atoms with Crippen molar-refractivity contribution in [2.75, 3.05) is 0 Å². The van der Waals surface area contributed by atoms with Crippen LogP contribution in [0.25, 0.3) is 22.2 Å². The van der Waals surface area contributed by atoms with Gasteiger partial charge in [0.1, 0.15) is 5.82 Å². The number of benzene rings is 2. The number of aromatic carboxylic acids is 1. The molecule has 0 aliphatic carbocycles. The number of hydrogen-bond donors (Lipinski definition) is 1. The topological polar surface area (TPSA) is 72.2 Å². The highest BCUT2D eigenvalue weighted by Crippen LogP contribution is 2.26. The zero-order valence-corrected chi connectivity index (χ0v) is 24.2. The normalized spacial score (nSPS) is 11.3. The van der Waals surface area contributed by atoms with Gasteiger partial charge in [0.2, 0.25) is 0 Å². The summed E-state index contributed by atoms with van der Waals surface area (Å²) < 4.78 is 2.28. The van der Waals surface area contributed by atoms with Gasteiger partial charge in [-0.25, -0.2) is 9.78 Å². The summed E-state index contributed by atoms with van der Waals surface area (Å²) in [7, 11) is 0. The molecule has 5 heteroatoms. The summed E-state index contributed by atoms with van der Waals surface area (Å²) in [6, 6.07) is 19.4. The zero-order chi connectivity index (χ0) is 28.5. The SMILES string of the molecule is CCCCCc1cc2nc(CCC)n(Cc3ccc(-c4ccccc4C(=O)O)cc3)c2cc(CCCCC)c1=O. The van der Waals surface area contributed by atoms with Crippen molar-refractivity contribution in [2.45, 2.75) is 91.5 Å². The maximum Gasteiger partial charge on any atom is 0.336 e. The molecule has 0 unspecified atom stereocenters. The molecular formula is C35H42N2O3. The maximum absolute atomic E-state index is 13.6. The first-order chi connectivity index (χ1) is 19.5. The quantitative estimate of drug-likeness (QED) is 0.164. The molecule has 5 nitrogen and oxygen atoms in total. The third-order valence-corrected chi connectivity index (χ3v) is 7.66. The number of nitrogens with zero attached hydrogens (tertiary/aromatic N) is 2. The van der Waals surface area contributed by atoms with E-state index in [4.69, 9.17) is 4.98 Å². The molecule has 40 heavy (non-hydrogen) atoms. The van der Waals surface area contributed by atoms with E-state index in [-0.39, 0.29) is 5.43 Å². The van der Waals surface area contributed by atoms with E-state index in [1.165, 1.54) is 0 Å². The number of carboxylic acids is 1. The second kappa shape index (κ2) is 14.1. The second-order valence-corrected chi connectivity index (χ2v) is 10.8. The van der Waals surface area contributed by atoms with Gasteiger partial charge in [0.15, 0.2) is 5.43 Å². The predicted molar refractivity (Wildman–Crippen MR) is 164 cm³/mol. The van der Waals surface area contributed by atoms with Crippen LogP contribution in [0.2, 0.25) is 0 Å². The van der Waals surface area contributed by atoms with E-state index >= 15 is 0 Å². The molecule has 0 saturated heterocycles. The highest BCUT2D eigenvalue weighted by atomic mass is 16.4. The molecule has 0 spiro atoms. The van der Waals surface area contributed by atoms with Crippen LogP contribution in [0, 0.1) is 0 Å². The Morgan fingerprint density at radius 1 is 0.800 bits per heavy atom. The van der Waals surface area contributed by atoms with Crippen LogP contribution in [-0.4, -0.2) is 20.6 Å². The molecule has 4 aromatic rings. The Hall–Kier alpha value is -3.73. The number of unbranched alkanes of at least 4 members (excludes halogenated alkanes) is 4. The number of imidazole rings is 1. The average Bonchev–Trinajstić information content (AvgIpc) is 3.20. The molecule has 0 fully saturated rings. The number of carboxylic acid groups (broad SMARTS) is 1. The van der Waals surface area contributed by atoms with Crippen LogP contribution in [-0.2, 0) is 25.8 Å². The van der Waals surface area contributed by atoms with Gasteiger partial charge in [0.05, 0.1) is 16.6 Å². The summed E-state index contributed by atoms with van der Waals surface area (Å²) in [6.45, 7) is 7.19. The largest absolute Gasteiger partial charge is 0.478 e. The summed E-state index contributed by atoms with van der Waals surface area (Å²) in [6.07, 6.45) is 9.96. The van der Waals surface area contributed by atoms with Gasteiger partial charge < -0.3 is 9.67 Å². The molecule has 0 atom stereocenters. The van der Waals surface area contributed by atoms with Crippen LogP contribution in [0.3, 0.4) is 0 Å². The Kier molecular flexibility index (Phi) is 10.3. The minimum absolute atomic E-state index is 0.190. The lowest BCUT2D eigenvalue weighted by molar-refractivity contribution is 0.0697. The van der Waals surface area contributed by atoms with Crippen molar-refractivity contribution in [1.29, 1.82) is 0 Å². The molecule has 0 radical (unpaired) electrons. The monoisotopic (exact) mass is 538 g/mol. The lowest BCUT2D eigenvalue weighted by Crippen LogP contribution is -2.12. The molecule has 1 aromatic heterocycles. The molecule has 0 aliphatic rings. The summed E-state index contributed by atoms with van der Waals surface area (Å²) in [5.74, 6) is 0.110. The molecule has 4 rings (SSSR count). The molecular weight excluding hydrogens is 496 g/mol. The molecule has 1 heterocycles. The van der Waals surface area contributed by atoms with Crippen LogP contribution in [0.1, 0.15) is 98.6 Å². The number of hydrogen-bond acceptors (Lipinski definition) is 3. The first-order valence-electron chi connectivity index (χ1n) is 14.9. The van der Waals surface area contributed by atoms with Gasteiger partial charge in [-0.2, -0.15) is 0 Å². The van der Waals surface area contributed by atoms with Gasteiger partial charge in [-0.3, -0.25) is 4.79 Å². The van der Waals surface area contributed by atoms with Gasteiger partial charge in [0.25, 0.3) is 0 Å². The van der Waals surface area contributed by atoms with Crippen molar-refractivity contribution in [3.05, 3.63) is 99.0 Å². The van der Waals surface area contributed by atoms with E-state index in [1.807, 2.05) is 24.3 Å². The molecule has 3 aromatic carbocycles. The molecule has 0 bridgehead atoms. The van der Waals surface area contributed by atoms with Gasteiger partial charge >= 0.3 is 5.97 Å². The lowest BCUT2D eigenvalue weighted by Gasteiger charge is -2.11. The Morgan fingerprint density at radius 3 is 2.08 bits per heavy atom. The second-order valence-electron chi connectivity index (χ2n) is 10.8. The summed E-state index contributed by atoms with van der Waals surface area (Å²) >= 11 is 0. The van der Waals surface area contributed by atoms with Crippen LogP contribution >= 0.6 is 0 Å². The Balaban J connectivity index is 1.76. The van der Waals surface area contributed by atoms with E-state index in [0.717, 1.165) is 103 Å². The first-order valence-corrected chi connectivity index (χ1v) is 14.9. The minimum atomic E-state index is -0.928. The molecule has 0 amide bonds. The zero-order valence-electron chi connectivity index (χ0n) is 24.2. The van der Waals surface area contributed by atoms with E-state index in [2.05, 4.69) is 49.6 Å². The fourth-order valence-corrected chi connectivity index (χ4v) is 5.45. The van der Waals surface area contributed by atoms with Gasteiger partial charge in [-0.1, -0.05) is 88.9 Å². The number of aryl methyl sites for hydroxylation is 3. The van der Waals surface area contributed by atoms with Crippen molar-refractivity contribution < 1.29 is 9.90 Å². The third kappa shape index (κ3) is 6.88. The minimum Gasteiger partial charge on any atom is -0.478 e. The van der Waals surface area contributed by atoms with Crippen LogP contribution < -0.4 is 5.43 Å². The molecule has 210 valence electrons. The molecule has 1 N–H and O–H groups in total. The number of carbonyl (C=O) groups is 1. The Labute approximate surface area is 237 Å². The van der Waals surface area contributed by atoms with Gasteiger partial charge in [0, 0.05) is 24.1 Å². The predicted octanol–water partition coefficient (Wildman–Crippen LogP) is 8.23.